The van der Waals surface area contributed by atoms with Crippen LogP contribution in [-0.2, 0) is 0 Å². The van der Waals surface area contributed by atoms with Crippen LogP contribution in [0.5, 0.6) is 0 Å². The Bertz CT molecular complexity index is 243. The minimum Gasteiger partial charge on any atom is -0.0971 e. The van der Waals surface area contributed by atoms with Crippen molar-refractivity contribution in [2.24, 2.45) is 0 Å². The summed E-state index contributed by atoms with van der Waals surface area (Å²) in [5, 5.41) is 1.40. The highest BCUT2D eigenvalue weighted by molar-refractivity contribution is 7.79. The highest BCUT2D eigenvalue weighted by Crippen LogP contribution is 2.33. The molecule has 0 bridgehead atoms. The minimum absolute atomic E-state index is 1.02. The molecule has 0 nitrogen and oxygen atoms in total. The predicted octanol–water partition coefficient (Wildman–Crippen LogP) is 4.07. The molecular weight excluding hydrogens is 187 g/mol. The van der Waals surface area contributed by atoms with Gasteiger partial charge in [-0.1, -0.05) is 71.2 Å². The molecule has 1 heteroatoms. The van der Waals surface area contributed by atoms with Crippen molar-refractivity contribution in [1.82, 2.24) is 0 Å². The van der Waals surface area contributed by atoms with E-state index >= 15 is 0 Å². The van der Waals surface area contributed by atoms with Crippen molar-refractivity contribution >= 4 is 18.5 Å². The molecule has 0 atom stereocenters. The topological polar surface area (TPSA) is 0 Å². The molecular formula is C13H25P. The quantitative estimate of drug-likeness (QED) is 0.615. The molecule has 0 fully saturated rings. The summed E-state index contributed by atoms with van der Waals surface area (Å²) in [4.78, 5) is 0. The molecule has 1 aromatic carbocycles. The largest absolute Gasteiger partial charge is 0.0971 e. The molecule has 0 radical (unpaired) electrons. The molecule has 1 rings (SSSR count). The predicted molar refractivity (Wildman–Crippen MR) is 74.7 cm³/mol. The Hall–Kier alpha value is -0.480. The van der Waals surface area contributed by atoms with Gasteiger partial charge < -0.3 is 0 Å². The van der Waals surface area contributed by atoms with E-state index in [1.54, 1.807) is 0 Å². The lowest BCUT2D eigenvalue weighted by molar-refractivity contribution is 1.50. The smallest absolute Gasteiger partial charge is 0.0255 e. The van der Waals surface area contributed by atoms with Crippen LogP contribution in [0.2, 0.25) is 0 Å². The van der Waals surface area contributed by atoms with E-state index in [1.165, 1.54) is 5.30 Å². The fraction of sp³-hybridized carbons (Fsp3) is 0.462. The Kier molecular flexibility index (Phi) is 10.4. The van der Waals surface area contributed by atoms with E-state index in [4.69, 9.17) is 0 Å². The van der Waals surface area contributed by atoms with Gasteiger partial charge in [0.1, 0.15) is 0 Å². The van der Waals surface area contributed by atoms with E-state index < -0.39 is 6.89 Å². The van der Waals surface area contributed by atoms with Crippen molar-refractivity contribution in [3.8, 4) is 0 Å². The third-order valence-corrected chi connectivity index (χ3v) is 3.15. The van der Waals surface area contributed by atoms with Crippen LogP contribution in [0.3, 0.4) is 0 Å². The zero-order valence-corrected chi connectivity index (χ0v) is 11.4. The number of hydrogen-bond acceptors (Lipinski definition) is 0. The molecule has 0 saturated carbocycles. The second-order valence-corrected chi connectivity index (χ2v) is 6.91. The SMILES string of the molecule is C=P(C)(C)c1ccccc1.CC.CC. The first kappa shape index (κ1) is 16.0. The summed E-state index contributed by atoms with van der Waals surface area (Å²) in [6.07, 6.45) is 4.15. The fourth-order valence-electron chi connectivity index (χ4n) is 0.832. The van der Waals surface area contributed by atoms with Gasteiger partial charge in [0, 0.05) is 0 Å². The van der Waals surface area contributed by atoms with Gasteiger partial charge in [-0.2, -0.15) is 0 Å². The monoisotopic (exact) mass is 212 g/mol. The lowest BCUT2D eigenvalue weighted by atomic mass is 10.4. The molecule has 1 aromatic rings. The van der Waals surface area contributed by atoms with Crippen LogP contribution in [0.1, 0.15) is 27.7 Å². The van der Waals surface area contributed by atoms with Gasteiger partial charge in [-0.15, -0.1) is 0 Å². The summed E-state index contributed by atoms with van der Waals surface area (Å²) in [5.41, 5.74) is 0. The molecule has 0 spiro atoms. The van der Waals surface area contributed by atoms with Crippen molar-refractivity contribution in [1.29, 1.82) is 0 Å². The molecule has 0 N–H and O–H groups in total. The van der Waals surface area contributed by atoms with Crippen LogP contribution in [0, 0.1) is 0 Å². The van der Waals surface area contributed by atoms with E-state index in [1.807, 2.05) is 33.8 Å². The summed E-state index contributed by atoms with van der Waals surface area (Å²) in [6, 6.07) is 10.5. The standard InChI is InChI=1S/C9H13P.2C2H6/c1-10(2,3)9-7-5-4-6-8-9;2*1-2/h4-8H,1H2,2-3H3;2*1-2H3. The van der Waals surface area contributed by atoms with E-state index in [-0.39, 0.29) is 0 Å². The molecule has 0 saturated heterocycles. The highest BCUT2D eigenvalue weighted by Gasteiger charge is 2.00. The Morgan fingerprint density at radius 3 is 1.43 bits per heavy atom. The highest BCUT2D eigenvalue weighted by atomic mass is 31.2. The zero-order chi connectivity index (χ0) is 11.6. The Balaban J connectivity index is 0. The maximum absolute atomic E-state index is 4.15. The van der Waals surface area contributed by atoms with Crippen LogP contribution in [0.4, 0.5) is 0 Å². The van der Waals surface area contributed by atoms with Gasteiger partial charge in [0.15, 0.2) is 0 Å². The first-order valence-electron chi connectivity index (χ1n) is 5.34. The third kappa shape index (κ3) is 6.97. The van der Waals surface area contributed by atoms with Crippen LogP contribution >= 0.6 is 6.89 Å². The molecule has 0 aliphatic rings. The first-order chi connectivity index (χ1) is 6.61. The number of benzene rings is 1. The number of hydrogen-bond donors (Lipinski definition) is 0. The molecule has 0 aliphatic heterocycles. The van der Waals surface area contributed by atoms with E-state index in [0.717, 1.165) is 0 Å². The first-order valence-corrected chi connectivity index (χ1v) is 8.21. The van der Waals surface area contributed by atoms with Crippen molar-refractivity contribution in [2.45, 2.75) is 27.7 Å². The molecule has 14 heavy (non-hydrogen) atoms. The second kappa shape index (κ2) is 9.09. The van der Waals surface area contributed by atoms with Gasteiger partial charge in [0.05, 0.1) is 0 Å². The summed E-state index contributed by atoms with van der Waals surface area (Å²) in [6.45, 7) is 11.4. The van der Waals surface area contributed by atoms with Crippen LogP contribution in [0.25, 0.3) is 0 Å². The van der Waals surface area contributed by atoms with Gasteiger partial charge in [0.25, 0.3) is 0 Å². The molecule has 0 aliphatic carbocycles. The average Bonchev–Trinajstić information content (AvgIpc) is 2.24. The van der Waals surface area contributed by atoms with Crippen LogP contribution < -0.4 is 5.30 Å². The zero-order valence-electron chi connectivity index (χ0n) is 10.5. The maximum atomic E-state index is 4.15. The third-order valence-electron chi connectivity index (χ3n) is 1.46. The maximum Gasteiger partial charge on any atom is -0.0255 e. The van der Waals surface area contributed by atoms with Crippen molar-refractivity contribution < 1.29 is 0 Å². The van der Waals surface area contributed by atoms with Gasteiger partial charge >= 0.3 is 0 Å². The van der Waals surface area contributed by atoms with E-state index in [0.29, 0.717) is 0 Å². The van der Waals surface area contributed by atoms with Crippen LogP contribution in [0.15, 0.2) is 30.3 Å². The summed E-state index contributed by atoms with van der Waals surface area (Å²) < 4.78 is 0. The van der Waals surface area contributed by atoms with Crippen LogP contribution in [-0.4, -0.2) is 19.6 Å². The average molecular weight is 212 g/mol. The minimum atomic E-state index is -1.02. The lowest BCUT2D eigenvalue weighted by Crippen LogP contribution is -2.00. The van der Waals surface area contributed by atoms with Gasteiger partial charge in [-0.3, -0.25) is 0 Å². The fourth-order valence-corrected chi connectivity index (χ4v) is 1.81. The van der Waals surface area contributed by atoms with E-state index in [9.17, 15) is 0 Å². The number of rotatable bonds is 1. The Labute approximate surface area is 90.3 Å². The summed E-state index contributed by atoms with van der Waals surface area (Å²) in [5.74, 6) is 0. The van der Waals surface area contributed by atoms with Crippen molar-refractivity contribution in [3.63, 3.8) is 0 Å². The Morgan fingerprint density at radius 2 is 1.21 bits per heavy atom. The van der Waals surface area contributed by atoms with Gasteiger partial charge in [-0.05, 0) is 18.6 Å². The van der Waals surface area contributed by atoms with Gasteiger partial charge in [0.2, 0.25) is 0 Å². The van der Waals surface area contributed by atoms with E-state index in [2.05, 4.69) is 43.9 Å². The Morgan fingerprint density at radius 1 is 0.857 bits per heavy atom. The normalized spacial score (nSPS) is 9.00. The second-order valence-electron chi connectivity index (χ2n) is 3.02. The van der Waals surface area contributed by atoms with Crippen molar-refractivity contribution in [3.05, 3.63) is 30.3 Å². The van der Waals surface area contributed by atoms with Crippen molar-refractivity contribution in [2.75, 3.05) is 13.3 Å². The molecule has 0 heterocycles. The molecule has 82 valence electrons. The summed E-state index contributed by atoms with van der Waals surface area (Å²) in [7, 11) is 0. The summed E-state index contributed by atoms with van der Waals surface area (Å²) >= 11 is 0. The molecule has 0 amide bonds. The molecule has 0 aromatic heterocycles. The molecule has 0 unspecified atom stereocenters. The van der Waals surface area contributed by atoms with Gasteiger partial charge in [-0.25, -0.2) is 0 Å². The lowest BCUT2D eigenvalue weighted by Gasteiger charge is -2.11.